The van der Waals surface area contributed by atoms with Gasteiger partial charge >= 0.3 is 6.09 Å². The van der Waals surface area contributed by atoms with Gasteiger partial charge in [0.1, 0.15) is 5.75 Å². The van der Waals surface area contributed by atoms with Gasteiger partial charge in [0, 0.05) is 12.7 Å². The predicted octanol–water partition coefficient (Wildman–Crippen LogP) is 5.87. The minimum Gasteiger partial charge on any atom is -0.478 e. The first-order valence-corrected chi connectivity index (χ1v) is 12.8. The standard InChI is InChI=1S/C22H32N2O4Si/c1-22(2,3)29(4,5)27-16-10-9-15-26-20-14-13-18(17-23-20)24-21(25)28-19-11-7-6-8-12-19/h6-8,11-14,17H,9-10,15-16H2,1-5H3,(H,24,25). The summed E-state index contributed by atoms with van der Waals surface area (Å²) in [5.41, 5.74) is 0.543. The smallest absolute Gasteiger partial charge is 0.417 e. The quantitative estimate of drug-likeness (QED) is 0.409. The van der Waals surface area contributed by atoms with E-state index in [9.17, 15) is 4.79 Å². The number of ether oxygens (including phenoxy) is 2. The molecule has 0 saturated carbocycles. The Labute approximate surface area is 174 Å². The molecule has 1 aromatic heterocycles. The Balaban J connectivity index is 1.66. The van der Waals surface area contributed by atoms with E-state index in [4.69, 9.17) is 13.9 Å². The molecule has 1 heterocycles. The van der Waals surface area contributed by atoms with Crippen molar-refractivity contribution in [1.29, 1.82) is 0 Å². The Morgan fingerprint density at radius 3 is 2.34 bits per heavy atom. The van der Waals surface area contributed by atoms with E-state index < -0.39 is 14.4 Å². The fourth-order valence-electron chi connectivity index (χ4n) is 2.20. The van der Waals surface area contributed by atoms with E-state index in [1.54, 1.807) is 42.6 Å². The van der Waals surface area contributed by atoms with E-state index in [2.05, 4.69) is 44.2 Å². The maximum absolute atomic E-state index is 11.9. The van der Waals surface area contributed by atoms with E-state index in [0.29, 0.717) is 23.9 Å². The summed E-state index contributed by atoms with van der Waals surface area (Å²) < 4.78 is 17.0. The second kappa shape index (κ2) is 10.4. The zero-order chi connectivity index (χ0) is 21.3. The Morgan fingerprint density at radius 2 is 1.72 bits per heavy atom. The molecule has 2 aromatic rings. The first-order chi connectivity index (χ1) is 13.7. The molecule has 0 atom stereocenters. The number of benzene rings is 1. The molecule has 158 valence electrons. The molecule has 1 aromatic carbocycles. The monoisotopic (exact) mass is 416 g/mol. The average molecular weight is 417 g/mol. The highest BCUT2D eigenvalue weighted by atomic mass is 28.4. The summed E-state index contributed by atoms with van der Waals surface area (Å²) in [6.07, 6.45) is 2.84. The van der Waals surface area contributed by atoms with Crippen LogP contribution in [0.15, 0.2) is 48.7 Å². The summed E-state index contributed by atoms with van der Waals surface area (Å²) in [6.45, 7) is 12.6. The molecule has 0 aliphatic rings. The molecule has 1 amide bonds. The van der Waals surface area contributed by atoms with Crippen LogP contribution in [0.2, 0.25) is 18.1 Å². The number of carbonyl (C=O) groups is 1. The summed E-state index contributed by atoms with van der Waals surface area (Å²) in [4.78, 5) is 16.1. The third-order valence-electron chi connectivity index (χ3n) is 4.99. The Kier molecular flexibility index (Phi) is 8.22. The number of amides is 1. The third kappa shape index (κ3) is 7.87. The van der Waals surface area contributed by atoms with Gasteiger partial charge < -0.3 is 13.9 Å². The molecule has 0 aliphatic carbocycles. The molecule has 29 heavy (non-hydrogen) atoms. The molecule has 0 aliphatic heterocycles. The summed E-state index contributed by atoms with van der Waals surface area (Å²) in [5, 5.41) is 2.87. The van der Waals surface area contributed by atoms with E-state index in [1.165, 1.54) is 0 Å². The van der Waals surface area contributed by atoms with Gasteiger partial charge in [0.05, 0.1) is 18.5 Å². The lowest BCUT2D eigenvalue weighted by Crippen LogP contribution is -2.41. The Hall–Kier alpha value is -2.38. The zero-order valence-electron chi connectivity index (χ0n) is 18.0. The van der Waals surface area contributed by atoms with E-state index in [-0.39, 0.29) is 5.04 Å². The van der Waals surface area contributed by atoms with Crippen molar-refractivity contribution >= 4 is 20.1 Å². The van der Waals surface area contributed by atoms with Crippen LogP contribution in [0.5, 0.6) is 11.6 Å². The predicted molar refractivity (Wildman–Crippen MR) is 118 cm³/mol. The molecule has 0 saturated heterocycles. The van der Waals surface area contributed by atoms with Crippen molar-refractivity contribution in [3.8, 4) is 11.6 Å². The van der Waals surface area contributed by atoms with Crippen molar-refractivity contribution in [2.24, 2.45) is 0 Å². The number of hydrogen-bond donors (Lipinski definition) is 1. The van der Waals surface area contributed by atoms with Crippen molar-refractivity contribution < 1.29 is 18.7 Å². The molecule has 7 heteroatoms. The fourth-order valence-corrected chi connectivity index (χ4v) is 3.29. The van der Waals surface area contributed by atoms with E-state index in [0.717, 1.165) is 19.4 Å². The minimum atomic E-state index is -1.67. The number of para-hydroxylation sites is 1. The number of rotatable bonds is 9. The van der Waals surface area contributed by atoms with Crippen LogP contribution in [0.3, 0.4) is 0 Å². The minimum absolute atomic E-state index is 0.233. The van der Waals surface area contributed by atoms with Crippen molar-refractivity contribution in [3.05, 3.63) is 48.7 Å². The van der Waals surface area contributed by atoms with E-state index in [1.807, 2.05) is 6.07 Å². The highest BCUT2D eigenvalue weighted by Crippen LogP contribution is 2.36. The van der Waals surface area contributed by atoms with Gasteiger partial charge in [-0.1, -0.05) is 39.0 Å². The zero-order valence-corrected chi connectivity index (χ0v) is 19.0. The normalized spacial score (nSPS) is 11.8. The summed E-state index contributed by atoms with van der Waals surface area (Å²) in [7, 11) is -1.67. The van der Waals surface area contributed by atoms with Gasteiger partial charge in [-0.3, -0.25) is 5.32 Å². The van der Waals surface area contributed by atoms with Gasteiger partial charge in [0.25, 0.3) is 0 Å². The third-order valence-corrected chi connectivity index (χ3v) is 9.53. The van der Waals surface area contributed by atoms with Crippen molar-refractivity contribution in [2.45, 2.75) is 51.7 Å². The highest BCUT2D eigenvalue weighted by molar-refractivity contribution is 6.74. The van der Waals surface area contributed by atoms with Crippen LogP contribution in [0.4, 0.5) is 10.5 Å². The molecule has 0 fully saturated rings. The number of nitrogens with one attached hydrogen (secondary N) is 1. The molecule has 0 unspecified atom stereocenters. The summed E-state index contributed by atoms with van der Waals surface area (Å²) in [6, 6.07) is 12.3. The van der Waals surface area contributed by atoms with Crippen molar-refractivity contribution in [1.82, 2.24) is 4.98 Å². The number of aromatic nitrogens is 1. The van der Waals surface area contributed by atoms with Crippen LogP contribution < -0.4 is 14.8 Å². The molecule has 2 rings (SSSR count). The summed E-state index contributed by atoms with van der Waals surface area (Å²) >= 11 is 0. The van der Waals surface area contributed by atoms with Crippen LogP contribution in [0, 0.1) is 0 Å². The second-order valence-corrected chi connectivity index (χ2v) is 13.2. The number of carbonyl (C=O) groups excluding carboxylic acids is 1. The topological polar surface area (TPSA) is 69.7 Å². The first-order valence-electron chi connectivity index (χ1n) is 9.94. The van der Waals surface area contributed by atoms with Gasteiger partial charge in [-0.05, 0) is 49.2 Å². The van der Waals surface area contributed by atoms with Gasteiger partial charge in [0.2, 0.25) is 5.88 Å². The lowest BCUT2D eigenvalue weighted by Gasteiger charge is -2.36. The Bertz CT molecular complexity index is 759. The molecule has 0 bridgehead atoms. The maximum Gasteiger partial charge on any atom is 0.417 e. The maximum atomic E-state index is 11.9. The lowest BCUT2D eigenvalue weighted by atomic mass is 10.2. The van der Waals surface area contributed by atoms with Gasteiger partial charge in [-0.15, -0.1) is 0 Å². The number of nitrogens with zero attached hydrogens (tertiary/aromatic N) is 1. The van der Waals surface area contributed by atoms with Gasteiger partial charge in [0.15, 0.2) is 8.32 Å². The average Bonchev–Trinajstić information content (AvgIpc) is 2.65. The van der Waals surface area contributed by atoms with Gasteiger partial charge in [-0.2, -0.15) is 0 Å². The molecule has 6 nitrogen and oxygen atoms in total. The fraction of sp³-hybridized carbons (Fsp3) is 0.455. The van der Waals surface area contributed by atoms with Crippen LogP contribution in [-0.4, -0.2) is 32.6 Å². The summed E-state index contributed by atoms with van der Waals surface area (Å²) in [5.74, 6) is 1.01. The Morgan fingerprint density at radius 1 is 1.03 bits per heavy atom. The molecule has 1 N–H and O–H groups in total. The second-order valence-electron chi connectivity index (χ2n) is 8.38. The van der Waals surface area contributed by atoms with Crippen molar-refractivity contribution in [2.75, 3.05) is 18.5 Å². The van der Waals surface area contributed by atoms with Crippen LogP contribution in [0.25, 0.3) is 0 Å². The number of hydrogen-bond acceptors (Lipinski definition) is 5. The largest absolute Gasteiger partial charge is 0.478 e. The SMILES string of the molecule is CC(C)(C)[Si](C)(C)OCCCCOc1ccc(NC(=O)Oc2ccccc2)cn1. The molecular weight excluding hydrogens is 384 g/mol. The number of unbranched alkanes of at least 4 members (excludes halogenated alkanes) is 1. The van der Waals surface area contributed by atoms with Crippen molar-refractivity contribution in [3.63, 3.8) is 0 Å². The van der Waals surface area contributed by atoms with Crippen LogP contribution in [0.1, 0.15) is 33.6 Å². The highest BCUT2D eigenvalue weighted by Gasteiger charge is 2.36. The first kappa shape index (κ1) is 22.9. The molecule has 0 spiro atoms. The number of anilines is 1. The van der Waals surface area contributed by atoms with Crippen LogP contribution in [-0.2, 0) is 4.43 Å². The lowest BCUT2D eigenvalue weighted by molar-refractivity contribution is 0.215. The van der Waals surface area contributed by atoms with Gasteiger partial charge in [-0.25, -0.2) is 9.78 Å². The molecular formula is C22H32N2O4Si. The molecule has 0 radical (unpaired) electrons. The van der Waals surface area contributed by atoms with E-state index >= 15 is 0 Å². The number of pyridine rings is 1. The van der Waals surface area contributed by atoms with Crippen LogP contribution >= 0.6 is 0 Å².